The second kappa shape index (κ2) is 9.32. The Morgan fingerprint density at radius 1 is 1.38 bits per heavy atom. The maximum Gasteiger partial charge on any atom is 0.328 e. The topological polar surface area (TPSA) is 84.9 Å². The molecule has 0 saturated heterocycles. The number of methoxy groups -OCH3 is 1. The molecular weight excluding hydrogens is 341 g/mol. The molecule has 0 fully saturated rings. The van der Waals surface area contributed by atoms with E-state index in [9.17, 15) is 14.0 Å². The molecule has 0 aliphatic carbocycles. The molecule has 0 aromatic heterocycles. The van der Waals surface area contributed by atoms with E-state index in [1.807, 2.05) is 0 Å². The molecule has 1 rings (SSSR count). The van der Waals surface area contributed by atoms with Crippen molar-refractivity contribution < 1.29 is 28.6 Å². The summed E-state index contributed by atoms with van der Waals surface area (Å²) < 4.78 is 23.4. The molecule has 1 amide bonds. The number of hydrogen-bond acceptors (Lipinski definition) is 4. The van der Waals surface area contributed by atoms with Gasteiger partial charge in [-0.2, -0.15) is 0 Å². The zero-order chi connectivity index (χ0) is 18.3. The Morgan fingerprint density at radius 2 is 2.04 bits per heavy atom. The molecule has 0 radical (unpaired) electrons. The lowest BCUT2D eigenvalue weighted by molar-refractivity contribution is -0.139. The van der Waals surface area contributed by atoms with Gasteiger partial charge in [-0.15, -0.1) is 0 Å². The Bertz CT molecular complexity index is 594. The number of rotatable bonds is 9. The Morgan fingerprint density at radius 3 is 2.54 bits per heavy atom. The molecular formula is C16H21ClFNO5. The van der Waals surface area contributed by atoms with Gasteiger partial charge < -0.3 is 19.9 Å². The average molecular weight is 362 g/mol. The summed E-state index contributed by atoms with van der Waals surface area (Å²) in [4.78, 5) is 22.8. The molecule has 8 heteroatoms. The first-order chi connectivity index (χ1) is 11.3. The van der Waals surface area contributed by atoms with Crippen LogP contribution in [0.1, 0.15) is 30.6 Å². The zero-order valence-corrected chi connectivity index (χ0v) is 14.5. The van der Waals surface area contributed by atoms with Gasteiger partial charge in [-0.25, -0.2) is 9.18 Å². The third kappa shape index (κ3) is 5.56. The van der Waals surface area contributed by atoms with E-state index >= 15 is 0 Å². The van der Waals surface area contributed by atoms with E-state index in [2.05, 4.69) is 19.2 Å². The van der Waals surface area contributed by atoms with Crippen molar-refractivity contribution in [1.82, 2.24) is 5.32 Å². The summed E-state index contributed by atoms with van der Waals surface area (Å²) in [5.41, 5.74) is 0.0489. The van der Waals surface area contributed by atoms with Crippen LogP contribution >= 0.6 is 11.6 Å². The third-order valence-electron chi connectivity index (χ3n) is 3.19. The Balaban J connectivity index is 2.96. The molecule has 134 valence electrons. The first-order valence-electron chi connectivity index (χ1n) is 7.40. The van der Waals surface area contributed by atoms with E-state index in [0.717, 1.165) is 6.42 Å². The van der Waals surface area contributed by atoms with Gasteiger partial charge in [0.05, 0.1) is 18.7 Å². The molecule has 24 heavy (non-hydrogen) atoms. The molecule has 1 aromatic rings. The average Bonchev–Trinajstić information content (AvgIpc) is 2.52. The van der Waals surface area contributed by atoms with Crippen molar-refractivity contribution in [1.29, 1.82) is 0 Å². The van der Waals surface area contributed by atoms with Crippen LogP contribution in [-0.4, -0.2) is 43.4 Å². The van der Waals surface area contributed by atoms with E-state index in [4.69, 9.17) is 26.2 Å². The molecule has 0 aliphatic heterocycles. The lowest BCUT2D eigenvalue weighted by Gasteiger charge is -2.16. The summed E-state index contributed by atoms with van der Waals surface area (Å²) >= 11 is 6.13. The van der Waals surface area contributed by atoms with Crippen molar-refractivity contribution >= 4 is 23.5 Å². The van der Waals surface area contributed by atoms with Crippen LogP contribution in [0.2, 0.25) is 5.02 Å². The SMILES string of the molecule is COc1cc(C(=O)NC(CF)C(=O)O)cc(Cl)c1OCCC(C)C. The van der Waals surface area contributed by atoms with Gasteiger partial charge in [0.1, 0.15) is 6.67 Å². The first-order valence-corrected chi connectivity index (χ1v) is 7.77. The Labute approximate surface area is 144 Å². The number of ether oxygens (including phenoxy) is 2. The lowest BCUT2D eigenvalue weighted by atomic mass is 10.1. The molecule has 1 aromatic carbocycles. The number of aliphatic carboxylic acids is 1. The molecule has 2 N–H and O–H groups in total. The fourth-order valence-electron chi connectivity index (χ4n) is 1.80. The van der Waals surface area contributed by atoms with Gasteiger partial charge in [-0.1, -0.05) is 25.4 Å². The van der Waals surface area contributed by atoms with Crippen LogP contribution in [-0.2, 0) is 4.79 Å². The fraction of sp³-hybridized carbons (Fsp3) is 0.500. The van der Waals surface area contributed by atoms with Crippen molar-refractivity contribution in [2.75, 3.05) is 20.4 Å². The predicted molar refractivity (Wildman–Crippen MR) is 87.8 cm³/mol. The monoisotopic (exact) mass is 361 g/mol. The summed E-state index contributed by atoms with van der Waals surface area (Å²) in [6, 6.07) is 1.06. The number of nitrogens with one attached hydrogen (secondary N) is 1. The quantitative estimate of drug-likeness (QED) is 0.706. The summed E-state index contributed by atoms with van der Waals surface area (Å²) in [6.45, 7) is 3.32. The Hall–Kier alpha value is -2.02. The minimum atomic E-state index is -1.62. The van der Waals surface area contributed by atoms with Gasteiger partial charge in [0.15, 0.2) is 17.5 Å². The second-order valence-electron chi connectivity index (χ2n) is 5.54. The number of alkyl halides is 1. The van der Waals surface area contributed by atoms with E-state index in [0.29, 0.717) is 18.3 Å². The molecule has 1 atom stereocenters. The van der Waals surface area contributed by atoms with E-state index in [-0.39, 0.29) is 16.3 Å². The molecule has 0 bridgehead atoms. The summed E-state index contributed by atoms with van der Waals surface area (Å²) in [7, 11) is 1.39. The van der Waals surface area contributed by atoms with Crippen molar-refractivity contribution in [3.63, 3.8) is 0 Å². The second-order valence-corrected chi connectivity index (χ2v) is 5.95. The number of carbonyl (C=O) groups excluding carboxylic acids is 1. The largest absolute Gasteiger partial charge is 0.493 e. The fourth-order valence-corrected chi connectivity index (χ4v) is 2.06. The van der Waals surface area contributed by atoms with Gasteiger partial charge in [0.25, 0.3) is 5.91 Å². The molecule has 1 unspecified atom stereocenters. The predicted octanol–water partition coefficient (Wildman–Crippen LogP) is 2.93. The van der Waals surface area contributed by atoms with Crippen LogP contribution in [0.5, 0.6) is 11.5 Å². The van der Waals surface area contributed by atoms with E-state index in [1.165, 1.54) is 19.2 Å². The van der Waals surface area contributed by atoms with Crippen molar-refractivity contribution in [2.24, 2.45) is 5.92 Å². The number of halogens is 2. The van der Waals surface area contributed by atoms with Crippen LogP contribution in [0, 0.1) is 5.92 Å². The highest BCUT2D eigenvalue weighted by Gasteiger charge is 2.22. The van der Waals surface area contributed by atoms with Crippen molar-refractivity contribution in [3.05, 3.63) is 22.7 Å². The molecule has 0 saturated carbocycles. The maximum absolute atomic E-state index is 12.6. The smallest absolute Gasteiger partial charge is 0.328 e. The van der Waals surface area contributed by atoms with Gasteiger partial charge in [-0.05, 0) is 24.5 Å². The van der Waals surface area contributed by atoms with Crippen LogP contribution < -0.4 is 14.8 Å². The molecule has 0 aliphatic rings. The summed E-state index contributed by atoms with van der Waals surface area (Å²) in [6.07, 6.45) is 0.818. The van der Waals surface area contributed by atoms with E-state index in [1.54, 1.807) is 0 Å². The Kier molecular flexibility index (Phi) is 7.78. The molecule has 0 heterocycles. The standard InChI is InChI=1S/C16H21ClFNO5/c1-9(2)4-5-24-14-11(17)6-10(7-13(14)23-3)15(20)19-12(8-18)16(21)22/h6-7,9,12H,4-5,8H2,1-3H3,(H,19,20)(H,21,22). The van der Waals surface area contributed by atoms with E-state index < -0.39 is 24.6 Å². The first kappa shape index (κ1) is 20.0. The summed E-state index contributed by atoms with van der Waals surface area (Å²) in [5.74, 6) is -1.24. The molecule has 6 nitrogen and oxygen atoms in total. The third-order valence-corrected chi connectivity index (χ3v) is 3.47. The van der Waals surface area contributed by atoms with Gasteiger partial charge in [-0.3, -0.25) is 4.79 Å². The normalized spacial score (nSPS) is 11.9. The number of amides is 1. The number of carbonyl (C=O) groups is 2. The van der Waals surface area contributed by atoms with Crippen LogP contribution in [0.25, 0.3) is 0 Å². The minimum Gasteiger partial charge on any atom is -0.493 e. The van der Waals surface area contributed by atoms with Crippen LogP contribution in [0.15, 0.2) is 12.1 Å². The van der Waals surface area contributed by atoms with Crippen LogP contribution in [0.4, 0.5) is 4.39 Å². The number of carboxylic acids is 1. The highest BCUT2D eigenvalue weighted by Crippen LogP contribution is 2.36. The minimum absolute atomic E-state index is 0.0489. The summed E-state index contributed by atoms with van der Waals surface area (Å²) in [5, 5.41) is 11.0. The maximum atomic E-state index is 12.6. The number of carboxylic acid groups (broad SMARTS) is 1. The highest BCUT2D eigenvalue weighted by atomic mass is 35.5. The van der Waals surface area contributed by atoms with Crippen molar-refractivity contribution in [3.8, 4) is 11.5 Å². The highest BCUT2D eigenvalue weighted by molar-refractivity contribution is 6.32. The van der Waals surface area contributed by atoms with Gasteiger partial charge in [0.2, 0.25) is 0 Å². The number of hydrogen-bond donors (Lipinski definition) is 2. The van der Waals surface area contributed by atoms with Gasteiger partial charge >= 0.3 is 5.97 Å². The molecule has 0 spiro atoms. The number of benzene rings is 1. The van der Waals surface area contributed by atoms with Gasteiger partial charge in [0, 0.05) is 5.56 Å². The van der Waals surface area contributed by atoms with Crippen LogP contribution in [0.3, 0.4) is 0 Å². The zero-order valence-electron chi connectivity index (χ0n) is 13.8. The lowest BCUT2D eigenvalue weighted by Crippen LogP contribution is -2.42. The van der Waals surface area contributed by atoms with Crippen molar-refractivity contribution in [2.45, 2.75) is 26.3 Å².